The second-order valence-corrected chi connectivity index (χ2v) is 3.73. The highest BCUT2D eigenvalue weighted by atomic mass is 19.4. The number of nitrogens with two attached hydrogens (primary N) is 1. The van der Waals surface area contributed by atoms with Crippen molar-refractivity contribution in [1.29, 1.82) is 0 Å². The number of nitrogens with zero attached hydrogens (tertiary/aromatic N) is 1. The van der Waals surface area contributed by atoms with Crippen molar-refractivity contribution in [3.05, 3.63) is 42.5 Å². The van der Waals surface area contributed by atoms with Crippen molar-refractivity contribution >= 4 is 5.69 Å². The van der Waals surface area contributed by atoms with Crippen LogP contribution in [0.25, 0.3) is 11.1 Å². The first kappa shape index (κ1) is 13.1. The second-order valence-electron chi connectivity index (χ2n) is 3.73. The second kappa shape index (κ2) is 4.75. The summed E-state index contributed by atoms with van der Waals surface area (Å²) in [7, 11) is 0. The summed E-state index contributed by atoms with van der Waals surface area (Å²) in [5.74, 6) is -1.06. The van der Waals surface area contributed by atoms with Gasteiger partial charge in [-0.2, -0.15) is 0 Å². The van der Waals surface area contributed by atoms with Gasteiger partial charge in [-0.1, -0.05) is 0 Å². The van der Waals surface area contributed by atoms with Crippen molar-refractivity contribution in [1.82, 2.24) is 4.98 Å². The number of halogens is 4. The van der Waals surface area contributed by atoms with Crippen molar-refractivity contribution in [3.63, 3.8) is 0 Å². The molecule has 0 amide bonds. The number of alkyl halides is 3. The Morgan fingerprint density at radius 3 is 2.37 bits per heavy atom. The van der Waals surface area contributed by atoms with E-state index < -0.39 is 17.9 Å². The Balaban J connectivity index is 2.42. The average Bonchev–Trinajstić information content (AvgIpc) is 2.25. The Hall–Kier alpha value is -2.31. The standard InChI is InChI=1S/C12H8F4N2O/c13-9-1-8(5-18-6-9)7-2-10(17)4-11(3-7)19-12(14,15)16/h1-6H,17H2. The molecular formula is C12H8F4N2O. The van der Waals surface area contributed by atoms with E-state index in [1.165, 1.54) is 12.3 Å². The fourth-order valence-corrected chi connectivity index (χ4v) is 1.55. The lowest BCUT2D eigenvalue weighted by molar-refractivity contribution is -0.274. The van der Waals surface area contributed by atoms with Crippen LogP contribution in [-0.2, 0) is 0 Å². The summed E-state index contributed by atoms with van der Waals surface area (Å²) in [4.78, 5) is 3.62. The summed E-state index contributed by atoms with van der Waals surface area (Å²) in [5.41, 5.74) is 6.15. The zero-order valence-electron chi connectivity index (χ0n) is 9.41. The minimum Gasteiger partial charge on any atom is -0.406 e. The van der Waals surface area contributed by atoms with E-state index in [9.17, 15) is 17.6 Å². The van der Waals surface area contributed by atoms with Crippen LogP contribution in [0.2, 0.25) is 0 Å². The lowest BCUT2D eigenvalue weighted by atomic mass is 10.1. The summed E-state index contributed by atoms with van der Waals surface area (Å²) in [6, 6.07) is 4.68. The lowest BCUT2D eigenvalue weighted by Crippen LogP contribution is -2.17. The molecule has 3 nitrogen and oxygen atoms in total. The average molecular weight is 272 g/mol. The van der Waals surface area contributed by atoms with Crippen LogP contribution in [-0.4, -0.2) is 11.3 Å². The van der Waals surface area contributed by atoms with Crippen LogP contribution in [0.4, 0.5) is 23.2 Å². The van der Waals surface area contributed by atoms with E-state index >= 15 is 0 Å². The number of nitrogen functional groups attached to an aromatic ring is 1. The molecule has 0 atom stereocenters. The molecule has 0 radical (unpaired) electrons. The Bertz CT molecular complexity index is 599. The van der Waals surface area contributed by atoms with E-state index in [0.29, 0.717) is 5.56 Å². The molecular weight excluding hydrogens is 264 g/mol. The Labute approximate surface area is 105 Å². The van der Waals surface area contributed by atoms with Gasteiger partial charge in [0.25, 0.3) is 0 Å². The minimum absolute atomic E-state index is 0.0704. The van der Waals surface area contributed by atoms with Gasteiger partial charge in [-0.15, -0.1) is 13.2 Å². The van der Waals surface area contributed by atoms with E-state index in [0.717, 1.165) is 24.4 Å². The summed E-state index contributed by atoms with van der Waals surface area (Å²) >= 11 is 0. The molecule has 1 heterocycles. The van der Waals surface area contributed by atoms with Gasteiger partial charge >= 0.3 is 6.36 Å². The maximum atomic E-state index is 13.0. The summed E-state index contributed by atoms with van der Waals surface area (Å²) < 4.78 is 53.2. The van der Waals surface area contributed by atoms with Crippen LogP contribution in [0.1, 0.15) is 0 Å². The molecule has 0 fully saturated rings. The maximum Gasteiger partial charge on any atom is 0.573 e. The first-order valence-electron chi connectivity index (χ1n) is 5.11. The number of aromatic nitrogens is 1. The van der Waals surface area contributed by atoms with E-state index in [2.05, 4.69) is 9.72 Å². The molecule has 2 rings (SSSR count). The van der Waals surface area contributed by atoms with Gasteiger partial charge in [0.2, 0.25) is 0 Å². The molecule has 1 aromatic carbocycles. The number of hydrogen-bond acceptors (Lipinski definition) is 3. The molecule has 0 spiro atoms. The molecule has 1 aromatic heterocycles. The van der Waals surface area contributed by atoms with Crippen LogP contribution >= 0.6 is 0 Å². The first-order valence-corrected chi connectivity index (χ1v) is 5.11. The summed E-state index contributed by atoms with van der Waals surface area (Å²) in [5, 5.41) is 0. The van der Waals surface area contributed by atoms with Gasteiger partial charge in [0, 0.05) is 23.5 Å². The van der Waals surface area contributed by atoms with Crippen molar-refractivity contribution in [2.45, 2.75) is 6.36 Å². The van der Waals surface area contributed by atoms with E-state index in [1.807, 2.05) is 0 Å². The van der Waals surface area contributed by atoms with Gasteiger partial charge in [0.05, 0.1) is 6.20 Å². The zero-order chi connectivity index (χ0) is 14.0. The predicted molar refractivity (Wildman–Crippen MR) is 60.7 cm³/mol. The van der Waals surface area contributed by atoms with Crippen molar-refractivity contribution in [2.24, 2.45) is 0 Å². The SMILES string of the molecule is Nc1cc(OC(F)(F)F)cc(-c2cncc(F)c2)c1. The molecule has 2 N–H and O–H groups in total. The highest BCUT2D eigenvalue weighted by molar-refractivity contribution is 5.69. The third-order valence-corrected chi connectivity index (χ3v) is 2.20. The van der Waals surface area contributed by atoms with Gasteiger partial charge in [-0.3, -0.25) is 4.98 Å². The highest BCUT2D eigenvalue weighted by Gasteiger charge is 2.31. The number of anilines is 1. The molecule has 7 heteroatoms. The monoisotopic (exact) mass is 272 g/mol. The Morgan fingerprint density at radius 2 is 1.74 bits per heavy atom. The Morgan fingerprint density at radius 1 is 1.00 bits per heavy atom. The fourth-order valence-electron chi connectivity index (χ4n) is 1.55. The molecule has 0 bridgehead atoms. The van der Waals surface area contributed by atoms with Crippen LogP contribution in [0.15, 0.2) is 36.7 Å². The van der Waals surface area contributed by atoms with Crippen LogP contribution < -0.4 is 10.5 Å². The van der Waals surface area contributed by atoms with Gasteiger partial charge in [0.15, 0.2) is 0 Å². The summed E-state index contributed by atoms with van der Waals surface area (Å²) in [6.07, 6.45) is -2.51. The maximum absolute atomic E-state index is 13.0. The normalized spacial score (nSPS) is 11.4. The quantitative estimate of drug-likeness (QED) is 0.673. The van der Waals surface area contributed by atoms with Crippen molar-refractivity contribution in [2.75, 3.05) is 5.73 Å². The van der Waals surface area contributed by atoms with Crippen molar-refractivity contribution in [3.8, 4) is 16.9 Å². The molecule has 19 heavy (non-hydrogen) atoms. The first-order chi connectivity index (χ1) is 8.83. The highest BCUT2D eigenvalue weighted by Crippen LogP contribution is 2.30. The molecule has 2 aromatic rings. The molecule has 0 aliphatic heterocycles. The molecule has 0 unspecified atom stereocenters. The molecule has 0 aliphatic carbocycles. The zero-order valence-corrected chi connectivity index (χ0v) is 9.41. The van der Waals surface area contributed by atoms with Gasteiger partial charge < -0.3 is 10.5 Å². The molecule has 0 aliphatic rings. The number of pyridine rings is 1. The van der Waals surface area contributed by atoms with Crippen molar-refractivity contribution < 1.29 is 22.3 Å². The largest absolute Gasteiger partial charge is 0.573 e. The lowest BCUT2D eigenvalue weighted by Gasteiger charge is -2.11. The van der Waals surface area contributed by atoms with Crippen LogP contribution in [0, 0.1) is 5.82 Å². The molecule has 100 valence electrons. The Kier molecular flexibility index (Phi) is 3.28. The third-order valence-electron chi connectivity index (χ3n) is 2.20. The molecule has 0 saturated heterocycles. The van der Waals surface area contributed by atoms with Gasteiger partial charge in [-0.05, 0) is 23.8 Å². The van der Waals surface area contributed by atoms with Gasteiger partial charge in [-0.25, -0.2) is 4.39 Å². The number of rotatable bonds is 2. The van der Waals surface area contributed by atoms with Crippen LogP contribution in [0.3, 0.4) is 0 Å². The van der Waals surface area contributed by atoms with E-state index in [-0.39, 0.29) is 11.3 Å². The summed E-state index contributed by atoms with van der Waals surface area (Å²) in [6.45, 7) is 0. The fraction of sp³-hybridized carbons (Fsp3) is 0.0833. The van der Waals surface area contributed by atoms with Crippen LogP contribution in [0.5, 0.6) is 5.75 Å². The number of ether oxygens (including phenoxy) is 1. The van der Waals surface area contributed by atoms with E-state index in [4.69, 9.17) is 5.73 Å². The molecule has 0 saturated carbocycles. The third kappa shape index (κ3) is 3.57. The minimum atomic E-state index is -4.81. The number of benzene rings is 1. The van der Waals surface area contributed by atoms with E-state index in [1.54, 1.807) is 0 Å². The predicted octanol–water partition coefficient (Wildman–Crippen LogP) is 3.37. The van der Waals surface area contributed by atoms with Gasteiger partial charge in [0.1, 0.15) is 11.6 Å². The topological polar surface area (TPSA) is 48.1 Å². The smallest absolute Gasteiger partial charge is 0.406 e. The number of hydrogen-bond donors (Lipinski definition) is 1.